The van der Waals surface area contributed by atoms with Gasteiger partial charge < -0.3 is 14.2 Å². The molecule has 0 bridgehead atoms. The summed E-state index contributed by atoms with van der Waals surface area (Å²) in [4.78, 5) is 6.88. The first-order chi connectivity index (χ1) is 10.8. The van der Waals surface area contributed by atoms with E-state index in [0.29, 0.717) is 12.0 Å². The SMILES string of the molecule is Cc1noc(C2CCN(CCOC3CCCCCC3)CC2)n1. The third-order valence-electron chi connectivity index (χ3n) is 5.04. The normalized spacial score (nSPS) is 22.8. The van der Waals surface area contributed by atoms with Crippen LogP contribution >= 0.6 is 0 Å². The number of hydrogen-bond donors (Lipinski definition) is 0. The molecule has 1 aromatic heterocycles. The van der Waals surface area contributed by atoms with Crippen LogP contribution in [0.25, 0.3) is 0 Å². The summed E-state index contributed by atoms with van der Waals surface area (Å²) in [6.07, 6.45) is 10.7. The van der Waals surface area contributed by atoms with Crippen LogP contribution in [0.5, 0.6) is 0 Å². The summed E-state index contributed by atoms with van der Waals surface area (Å²) < 4.78 is 11.4. The van der Waals surface area contributed by atoms with Gasteiger partial charge in [0.1, 0.15) is 0 Å². The first-order valence-corrected chi connectivity index (χ1v) is 8.95. The summed E-state index contributed by atoms with van der Waals surface area (Å²) in [5, 5.41) is 3.90. The second-order valence-electron chi connectivity index (χ2n) is 6.78. The highest BCUT2D eigenvalue weighted by atomic mass is 16.5. The second kappa shape index (κ2) is 8.06. The Hall–Kier alpha value is -0.940. The molecule has 0 amide bonds. The van der Waals surface area contributed by atoms with E-state index in [0.717, 1.165) is 50.8 Å². The zero-order chi connectivity index (χ0) is 15.2. The highest BCUT2D eigenvalue weighted by Crippen LogP contribution is 2.26. The first-order valence-electron chi connectivity index (χ1n) is 8.95. The zero-order valence-corrected chi connectivity index (χ0v) is 13.8. The third-order valence-corrected chi connectivity index (χ3v) is 5.04. The molecule has 5 nitrogen and oxygen atoms in total. The first kappa shape index (κ1) is 15.9. The van der Waals surface area contributed by atoms with Gasteiger partial charge in [-0.15, -0.1) is 0 Å². The molecule has 124 valence electrons. The number of ether oxygens (including phenoxy) is 1. The fourth-order valence-electron chi connectivity index (χ4n) is 3.64. The molecule has 0 unspecified atom stereocenters. The number of aromatic nitrogens is 2. The van der Waals surface area contributed by atoms with E-state index in [-0.39, 0.29) is 0 Å². The van der Waals surface area contributed by atoms with Crippen LogP contribution in [0, 0.1) is 6.92 Å². The Morgan fingerprint density at radius 2 is 1.82 bits per heavy atom. The predicted octanol–water partition coefficient (Wildman–Crippen LogP) is 3.30. The standard InChI is InChI=1S/C17H29N3O2/c1-14-18-17(22-19-14)15-8-10-20(11-9-15)12-13-21-16-6-4-2-3-5-7-16/h15-16H,2-13H2,1H3. The molecule has 1 saturated heterocycles. The quantitative estimate of drug-likeness (QED) is 0.781. The molecule has 0 N–H and O–H groups in total. The van der Waals surface area contributed by atoms with E-state index in [1.165, 1.54) is 38.5 Å². The van der Waals surface area contributed by atoms with Crippen molar-refractivity contribution in [1.29, 1.82) is 0 Å². The number of likely N-dealkylation sites (tertiary alicyclic amines) is 1. The molecule has 22 heavy (non-hydrogen) atoms. The summed E-state index contributed by atoms with van der Waals surface area (Å²) in [6.45, 7) is 6.05. The van der Waals surface area contributed by atoms with Crippen molar-refractivity contribution in [3.63, 3.8) is 0 Å². The average Bonchev–Trinajstić information content (AvgIpc) is 2.81. The molecule has 0 radical (unpaired) electrons. The van der Waals surface area contributed by atoms with Crippen LogP contribution in [-0.2, 0) is 4.74 Å². The van der Waals surface area contributed by atoms with Crippen LogP contribution in [0.15, 0.2) is 4.52 Å². The number of piperidine rings is 1. The van der Waals surface area contributed by atoms with E-state index < -0.39 is 0 Å². The Balaban J connectivity index is 1.33. The largest absolute Gasteiger partial charge is 0.377 e. The third kappa shape index (κ3) is 4.53. The van der Waals surface area contributed by atoms with Crippen molar-refractivity contribution in [2.75, 3.05) is 26.2 Å². The van der Waals surface area contributed by atoms with Crippen molar-refractivity contribution >= 4 is 0 Å². The molecule has 2 heterocycles. The van der Waals surface area contributed by atoms with Gasteiger partial charge >= 0.3 is 0 Å². The molecule has 0 aromatic carbocycles. The van der Waals surface area contributed by atoms with E-state index in [1.54, 1.807) is 0 Å². The smallest absolute Gasteiger partial charge is 0.229 e. The molecule has 2 fully saturated rings. The van der Waals surface area contributed by atoms with Gasteiger partial charge in [-0.1, -0.05) is 30.8 Å². The number of hydrogen-bond acceptors (Lipinski definition) is 5. The van der Waals surface area contributed by atoms with Crippen molar-refractivity contribution in [1.82, 2.24) is 15.0 Å². The summed E-state index contributed by atoms with van der Waals surface area (Å²) in [6, 6.07) is 0. The van der Waals surface area contributed by atoms with Crippen LogP contribution in [0.1, 0.15) is 69.0 Å². The van der Waals surface area contributed by atoms with Gasteiger partial charge in [0.2, 0.25) is 5.89 Å². The minimum atomic E-state index is 0.445. The lowest BCUT2D eigenvalue weighted by Crippen LogP contribution is -2.36. The lowest BCUT2D eigenvalue weighted by molar-refractivity contribution is 0.0248. The maximum Gasteiger partial charge on any atom is 0.229 e. The van der Waals surface area contributed by atoms with Gasteiger partial charge in [0.15, 0.2) is 5.82 Å². The lowest BCUT2D eigenvalue weighted by Gasteiger charge is -2.30. The predicted molar refractivity (Wildman–Crippen MR) is 84.9 cm³/mol. The molecule has 3 rings (SSSR count). The molecule has 2 aliphatic rings. The Kier molecular flexibility index (Phi) is 5.84. The maximum absolute atomic E-state index is 6.10. The molecule has 1 aromatic rings. The Bertz CT molecular complexity index is 433. The van der Waals surface area contributed by atoms with E-state index >= 15 is 0 Å². The maximum atomic E-state index is 6.10. The Labute approximate surface area is 133 Å². The van der Waals surface area contributed by atoms with Crippen LogP contribution < -0.4 is 0 Å². The van der Waals surface area contributed by atoms with Gasteiger partial charge in [-0.3, -0.25) is 0 Å². The van der Waals surface area contributed by atoms with E-state index in [9.17, 15) is 0 Å². The topological polar surface area (TPSA) is 51.4 Å². The van der Waals surface area contributed by atoms with Crippen molar-refractivity contribution in [3.05, 3.63) is 11.7 Å². The molecular weight excluding hydrogens is 278 g/mol. The molecule has 0 spiro atoms. The van der Waals surface area contributed by atoms with Crippen LogP contribution in [0.2, 0.25) is 0 Å². The van der Waals surface area contributed by atoms with Crippen LogP contribution in [-0.4, -0.2) is 47.4 Å². The molecule has 5 heteroatoms. The molecule has 0 atom stereocenters. The van der Waals surface area contributed by atoms with Crippen molar-refractivity contribution < 1.29 is 9.26 Å². The van der Waals surface area contributed by atoms with Gasteiger partial charge in [0.05, 0.1) is 12.7 Å². The van der Waals surface area contributed by atoms with Crippen molar-refractivity contribution in [3.8, 4) is 0 Å². The Morgan fingerprint density at radius 3 is 2.45 bits per heavy atom. The van der Waals surface area contributed by atoms with Crippen LogP contribution in [0.4, 0.5) is 0 Å². The number of aryl methyl sites for hydroxylation is 1. The highest BCUT2D eigenvalue weighted by molar-refractivity contribution is 4.95. The minimum absolute atomic E-state index is 0.445. The summed E-state index contributed by atoms with van der Waals surface area (Å²) in [5.74, 6) is 2.02. The molecule has 1 saturated carbocycles. The van der Waals surface area contributed by atoms with Crippen molar-refractivity contribution in [2.45, 2.75) is 70.3 Å². The fourth-order valence-corrected chi connectivity index (χ4v) is 3.64. The van der Waals surface area contributed by atoms with Gasteiger partial charge in [-0.05, 0) is 45.7 Å². The zero-order valence-electron chi connectivity index (χ0n) is 13.8. The summed E-state index contributed by atoms with van der Waals surface area (Å²) in [7, 11) is 0. The molecular formula is C17H29N3O2. The fraction of sp³-hybridized carbons (Fsp3) is 0.882. The van der Waals surface area contributed by atoms with Gasteiger partial charge in [0, 0.05) is 12.5 Å². The molecule has 1 aliphatic carbocycles. The minimum Gasteiger partial charge on any atom is -0.377 e. The van der Waals surface area contributed by atoms with Crippen LogP contribution in [0.3, 0.4) is 0 Å². The second-order valence-corrected chi connectivity index (χ2v) is 6.78. The van der Waals surface area contributed by atoms with Gasteiger partial charge in [0.25, 0.3) is 0 Å². The monoisotopic (exact) mass is 307 g/mol. The summed E-state index contributed by atoms with van der Waals surface area (Å²) in [5.41, 5.74) is 0. The van der Waals surface area contributed by atoms with Gasteiger partial charge in [-0.2, -0.15) is 4.98 Å². The lowest BCUT2D eigenvalue weighted by atomic mass is 9.97. The van der Waals surface area contributed by atoms with E-state index in [1.807, 2.05) is 6.92 Å². The van der Waals surface area contributed by atoms with Gasteiger partial charge in [-0.25, -0.2) is 0 Å². The molecule has 1 aliphatic heterocycles. The van der Waals surface area contributed by atoms with Crippen molar-refractivity contribution in [2.24, 2.45) is 0 Å². The average molecular weight is 307 g/mol. The summed E-state index contributed by atoms with van der Waals surface area (Å²) >= 11 is 0. The Morgan fingerprint density at radius 1 is 1.09 bits per heavy atom. The highest BCUT2D eigenvalue weighted by Gasteiger charge is 2.24. The number of nitrogens with zero attached hydrogens (tertiary/aromatic N) is 3. The van der Waals surface area contributed by atoms with E-state index in [2.05, 4.69) is 15.0 Å². The van der Waals surface area contributed by atoms with E-state index in [4.69, 9.17) is 9.26 Å². The number of rotatable bonds is 5.